The fourth-order valence-electron chi connectivity index (χ4n) is 4.30. The molecule has 0 aliphatic rings. The van der Waals surface area contributed by atoms with Crippen LogP contribution in [0.5, 0.6) is 0 Å². The first-order valence-corrected chi connectivity index (χ1v) is 15.2. The van der Waals surface area contributed by atoms with Crippen LogP contribution in [0.15, 0.2) is 0 Å². The van der Waals surface area contributed by atoms with Gasteiger partial charge in [-0.1, -0.05) is 128 Å². The van der Waals surface area contributed by atoms with Crippen LogP contribution < -0.4 is 10.2 Å². The molecule has 0 radical (unpaired) electrons. The van der Waals surface area contributed by atoms with Crippen LogP contribution in [-0.2, 0) is 9.59 Å². The molecule has 7 heteroatoms. The monoisotopic (exact) mass is 538 g/mol. The Bertz CT molecular complexity index is 408. The first kappa shape index (κ1) is 41.1. The van der Waals surface area contributed by atoms with Crippen LogP contribution in [0.2, 0.25) is 0 Å². The van der Waals surface area contributed by atoms with E-state index in [2.05, 4.69) is 0 Å². The van der Waals surface area contributed by atoms with Crippen LogP contribution in [0.25, 0.3) is 0 Å². The molecule has 0 saturated heterocycles. The summed E-state index contributed by atoms with van der Waals surface area (Å²) in [5, 5.41) is 37.6. The van der Waals surface area contributed by atoms with Gasteiger partial charge in [-0.2, -0.15) is 0 Å². The van der Waals surface area contributed by atoms with Gasteiger partial charge in [0.1, 0.15) is 0 Å². The van der Waals surface area contributed by atoms with E-state index in [0.29, 0.717) is 13.2 Å². The summed E-state index contributed by atoms with van der Waals surface area (Å²) in [6.45, 7) is 0.663. The maximum Gasteiger partial charge on any atom is 2.00 e. The predicted octanol–water partition coefficient (Wildman–Crippen LogP) is 5.22. The maximum atomic E-state index is 10.2. The van der Waals surface area contributed by atoms with E-state index >= 15 is 0 Å². The molecule has 0 rings (SSSR count). The number of aliphatic hydroxyl groups excluding tert-OH is 2. The number of carbonyl (C=O) groups excluding carboxylic acids is 2. The number of hydrogen-bond donors (Lipinski definition) is 2. The number of aliphatic hydroxyl groups is 2. The predicted molar refractivity (Wildman–Crippen MR) is 150 cm³/mol. The number of hydrogen-bond acceptors (Lipinski definition) is 6. The normalized spacial score (nSPS) is 10.4. The van der Waals surface area contributed by atoms with E-state index in [1.54, 1.807) is 0 Å². The molecule has 216 valence electrons. The molecule has 37 heavy (non-hydrogen) atoms. The SMILES string of the molecule is O=C([O-])CCCCCCCCCCCCCCO.O=C([O-])CCCCCCCCCCCCCCO.[Mg+2]. The first-order valence-electron chi connectivity index (χ1n) is 15.2. The van der Waals surface area contributed by atoms with Crippen molar-refractivity contribution < 1.29 is 30.0 Å². The van der Waals surface area contributed by atoms with Crippen molar-refractivity contribution in [3.05, 3.63) is 0 Å². The zero-order chi connectivity index (χ0) is 27.0. The molecule has 0 fully saturated rings. The Balaban J connectivity index is -0.000000608. The van der Waals surface area contributed by atoms with Crippen molar-refractivity contribution in [1.29, 1.82) is 0 Å². The van der Waals surface area contributed by atoms with Crippen molar-refractivity contribution >= 4 is 35.0 Å². The summed E-state index contributed by atoms with van der Waals surface area (Å²) in [6.07, 6.45) is 28.6. The van der Waals surface area contributed by atoms with Gasteiger partial charge in [0.05, 0.1) is 0 Å². The summed E-state index contributed by atoms with van der Waals surface area (Å²) < 4.78 is 0. The third-order valence-electron chi connectivity index (χ3n) is 6.58. The van der Waals surface area contributed by atoms with Crippen LogP contribution in [0, 0.1) is 0 Å². The van der Waals surface area contributed by atoms with E-state index in [-0.39, 0.29) is 35.9 Å². The summed E-state index contributed by atoms with van der Waals surface area (Å²) in [7, 11) is 0. The minimum absolute atomic E-state index is 0. The maximum absolute atomic E-state index is 10.2. The van der Waals surface area contributed by atoms with E-state index in [1.165, 1.54) is 89.9 Å². The number of carbonyl (C=O) groups is 2. The Labute approximate surface area is 244 Å². The molecule has 0 aromatic rings. The van der Waals surface area contributed by atoms with E-state index in [1.807, 2.05) is 0 Å². The van der Waals surface area contributed by atoms with Crippen LogP contribution in [0.4, 0.5) is 0 Å². The van der Waals surface area contributed by atoms with Crippen molar-refractivity contribution in [2.75, 3.05) is 13.2 Å². The van der Waals surface area contributed by atoms with Crippen LogP contribution in [0.1, 0.15) is 167 Å². The van der Waals surface area contributed by atoms with Crippen molar-refractivity contribution in [2.45, 2.75) is 167 Å². The number of carboxylic acids is 2. The molecule has 0 atom stereocenters. The zero-order valence-corrected chi connectivity index (χ0v) is 25.4. The molecular weight excluding hydrogens is 481 g/mol. The summed E-state index contributed by atoms with van der Waals surface area (Å²) in [4.78, 5) is 20.4. The molecule has 6 nitrogen and oxygen atoms in total. The van der Waals surface area contributed by atoms with Crippen LogP contribution >= 0.6 is 0 Å². The Morgan fingerprint density at radius 3 is 0.676 bits per heavy atom. The van der Waals surface area contributed by atoms with E-state index in [9.17, 15) is 19.8 Å². The van der Waals surface area contributed by atoms with E-state index in [0.717, 1.165) is 64.2 Å². The quantitative estimate of drug-likeness (QED) is 0.104. The molecule has 0 aliphatic heterocycles. The molecule has 2 N–H and O–H groups in total. The average Bonchev–Trinajstić information content (AvgIpc) is 2.85. The minimum Gasteiger partial charge on any atom is -0.550 e. The van der Waals surface area contributed by atoms with Gasteiger partial charge in [0, 0.05) is 25.2 Å². The average molecular weight is 539 g/mol. The molecule has 0 heterocycles. The largest absolute Gasteiger partial charge is 2.00 e. The number of rotatable bonds is 28. The number of unbranched alkanes of at least 4 members (excludes halogenated alkanes) is 22. The van der Waals surface area contributed by atoms with Crippen LogP contribution in [0.3, 0.4) is 0 Å². The van der Waals surface area contributed by atoms with E-state index < -0.39 is 11.9 Å². The third-order valence-corrected chi connectivity index (χ3v) is 6.58. The second kappa shape index (κ2) is 37.8. The fraction of sp³-hybridized carbons (Fsp3) is 0.933. The van der Waals surface area contributed by atoms with Gasteiger partial charge in [-0.15, -0.1) is 0 Å². The Kier molecular flexibility index (Phi) is 42.0. The number of carboxylic acid groups (broad SMARTS) is 2. The van der Waals surface area contributed by atoms with Gasteiger partial charge >= 0.3 is 23.1 Å². The van der Waals surface area contributed by atoms with Gasteiger partial charge in [-0.25, -0.2) is 0 Å². The molecule has 0 aliphatic carbocycles. The van der Waals surface area contributed by atoms with Crippen molar-refractivity contribution in [3.8, 4) is 0 Å². The summed E-state index contributed by atoms with van der Waals surface area (Å²) >= 11 is 0. The van der Waals surface area contributed by atoms with Crippen molar-refractivity contribution in [1.82, 2.24) is 0 Å². The van der Waals surface area contributed by atoms with Gasteiger partial charge in [0.15, 0.2) is 0 Å². The topological polar surface area (TPSA) is 121 Å². The van der Waals surface area contributed by atoms with E-state index in [4.69, 9.17) is 10.2 Å². The third kappa shape index (κ3) is 45.9. The molecule has 0 aromatic carbocycles. The molecule has 0 spiro atoms. The second-order valence-electron chi connectivity index (χ2n) is 10.2. The molecular formula is C30H58MgO6. The molecule has 0 bridgehead atoms. The standard InChI is InChI=1S/2C15H30O3.Mg/c2*16-14-12-10-8-6-4-2-1-3-5-7-9-11-13-15(17)18;/h2*16H,1-14H2,(H,17,18);/q;;+2/p-2. The Morgan fingerprint density at radius 1 is 0.351 bits per heavy atom. The van der Waals surface area contributed by atoms with Gasteiger partial charge < -0.3 is 30.0 Å². The van der Waals surface area contributed by atoms with Gasteiger partial charge in [0.25, 0.3) is 0 Å². The molecule has 0 unspecified atom stereocenters. The van der Waals surface area contributed by atoms with Crippen molar-refractivity contribution in [3.63, 3.8) is 0 Å². The Morgan fingerprint density at radius 2 is 0.514 bits per heavy atom. The van der Waals surface area contributed by atoms with Gasteiger partial charge in [0.2, 0.25) is 0 Å². The van der Waals surface area contributed by atoms with Gasteiger partial charge in [-0.3, -0.25) is 0 Å². The first-order chi connectivity index (χ1) is 17.5. The molecule has 0 saturated carbocycles. The van der Waals surface area contributed by atoms with Crippen molar-refractivity contribution in [2.24, 2.45) is 0 Å². The summed E-state index contributed by atoms with van der Waals surface area (Å²) in [5.74, 6) is -1.84. The number of aliphatic carboxylic acids is 2. The summed E-state index contributed by atoms with van der Waals surface area (Å²) in [6, 6.07) is 0. The second-order valence-corrected chi connectivity index (χ2v) is 10.2. The fourth-order valence-corrected chi connectivity index (χ4v) is 4.30. The minimum atomic E-state index is -0.920. The zero-order valence-electron chi connectivity index (χ0n) is 24.0. The van der Waals surface area contributed by atoms with Crippen LogP contribution in [-0.4, -0.2) is 58.4 Å². The van der Waals surface area contributed by atoms with Gasteiger partial charge in [-0.05, 0) is 38.5 Å². The molecule has 0 amide bonds. The Hall–Kier alpha value is -0.374. The summed E-state index contributed by atoms with van der Waals surface area (Å²) in [5.41, 5.74) is 0. The molecule has 0 aromatic heterocycles. The smallest absolute Gasteiger partial charge is 0.550 e.